The lowest BCUT2D eigenvalue weighted by Crippen LogP contribution is -2.18. The minimum Gasteiger partial charge on any atom is -0.507 e. The summed E-state index contributed by atoms with van der Waals surface area (Å²) in [6.07, 6.45) is -3.89. The first-order valence-corrected chi connectivity index (χ1v) is 5.12. The quantitative estimate of drug-likeness (QED) is 0.809. The van der Waals surface area contributed by atoms with E-state index in [9.17, 15) is 22.7 Å². The normalized spacial score (nSPS) is 13.8. The van der Waals surface area contributed by atoms with E-state index in [2.05, 4.69) is 0 Å². The summed E-state index contributed by atoms with van der Waals surface area (Å²) in [6.45, 7) is 1.76. The number of nitrogens with two attached hydrogens (primary N) is 1. The minimum atomic E-state index is -4.74. The van der Waals surface area contributed by atoms with Crippen molar-refractivity contribution >= 4 is 0 Å². The average molecular weight is 251 g/mol. The molecule has 0 amide bonds. The number of phenols is 1. The molecule has 0 radical (unpaired) electrons. The Bertz CT molecular complexity index is 403. The second kappa shape index (κ2) is 4.91. The molecule has 0 aromatic heterocycles. The Labute approximate surface area is 96.1 Å². The van der Waals surface area contributed by atoms with Crippen molar-refractivity contribution < 1.29 is 22.7 Å². The van der Waals surface area contributed by atoms with Crippen LogP contribution in [0.1, 0.15) is 36.9 Å². The molecule has 0 bridgehead atoms. The Morgan fingerprint density at radius 1 is 1.35 bits per heavy atom. The molecule has 0 aliphatic carbocycles. The highest BCUT2D eigenvalue weighted by Gasteiger charge is 2.36. The molecular formula is C11H13F4NO. The van der Waals surface area contributed by atoms with Crippen LogP contribution < -0.4 is 5.73 Å². The van der Waals surface area contributed by atoms with Gasteiger partial charge in [0.25, 0.3) is 0 Å². The van der Waals surface area contributed by atoms with E-state index in [1.807, 2.05) is 0 Å². The van der Waals surface area contributed by atoms with Gasteiger partial charge in [-0.15, -0.1) is 0 Å². The van der Waals surface area contributed by atoms with Gasteiger partial charge in [-0.3, -0.25) is 0 Å². The molecule has 0 unspecified atom stereocenters. The van der Waals surface area contributed by atoms with Gasteiger partial charge < -0.3 is 10.8 Å². The number of benzene rings is 1. The lowest BCUT2D eigenvalue weighted by Gasteiger charge is -2.19. The zero-order valence-corrected chi connectivity index (χ0v) is 9.18. The number of hydrogen-bond acceptors (Lipinski definition) is 2. The van der Waals surface area contributed by atoms with Crippen LogP contribution in [0.2, 0.25) is 0 Å². The number of rotatable bonds is 3. The van der Waals surface area contributed by atoms with E-state index in [0.717, 1.165) is 0 Å². The van der Waals surface area contributed by atoms with Crippen molar-refractivity contribution in [3.05, 3.63) is 29.1 Å². The molecule has 3 N–H and O–H groups in total. The van der Waals surface area contributed by atoms with E-state index >= 15 is 0 Å². The smallest absolute Gasteiger partial charge is 0.416 e. The zero-order valence-electron chi connectivity index (χ0n) is 9.18. The highest BCUT2D eigenvalue weighted by atomic mass is 19.4. The van der Waals surface area contributed by atoms with Crippen LogP contribution in [0.4, 0.5) is 17.6 Å². The molecule has 96 valence electrons. The second-order valence-corrected chi connectivity index (χ2v) is 3.78. The number of phenolic OH excluding ortho intramolecular Hbond substituents is 1. The number of hydrogen-bond donors (Lipinski definition) is 2. The summed E-state index contributed by atoms with van der Waals surface area (Å²) in [5, 5.41) is 9.41. The molecule has 1 atom stereocenters. The largest absolute Gasteiger partial charge is 0.507 e. The van der Waals surface area contributed by atoms with E-state index in [0.29, 0.717) is 18.6 Å². The Kier molecular flexibility index (Phi) is 3.98. The molecule has 0 aliphatic heterocycles. The van der Waals surface area contributed by atoms with Gasteiger partial charge in [-0.2, -0.15) is 13.2 Å². The molecule has 0 fully saturated rings. The maximum absolute atomic E-state index is 12.9. The third kappa shape index (κ3) is 3.09. The lowest BCUT2D eigenvalue weighted by molar-refractivity contribution is -0.138. The Balaban J connectivity index is 3.35. The van der Waals surface area contributed by atoms with Gasteiger partial charge in [0.2, 0.25) is 0 Å². The molecule has 0 spiro atoms. The fraction of sp³-hybridized carbons (Fsp3) is 0.455. The van der Waals surface area contributed by atoms with Gasteiger partial charge in [-0.25, -0.2) is 4.39 Å². The van der Waals surface area contributed by atoms with E-state index in [1.165, 1.54) is 0 Å². The van der Waals surface area contributed by atoms with Gasteiger partial charge in [-0.05, 0) is 12.5 Å². The van der Waals surface area contributed by atoms with Crippen molar-refractivity contribution in [1.29, 1.82) is 0 Å². The molecule has 1 aromatic carbocycles. The van der Waals surface area contributed by atoms with Crippen LogP contribution in [0.15, 0.2) is 12.1 Å². The van der Waals surface area contributed by atoms with Crippen LogP contribution in [0.25, 0.3) is 0 Å². The van der Waals surface area contributed by atoms with Gasteiger partial charge in [0, 0.05) is 17.7 Å². The summed E-state index contributed by atoms with van der Waals surface area (Å²) in [4.78, 5) is 0. The molecule has 6 heteroatoms. The third-order valence-electron chi connectivity index (χ3n) is 2.40. The Morgan fingerprint density at radius 2 is 1.94 bits per heavy atom. The summed E-state index contributed by atoms with van der Waals surface area (Å²) in [5.74, 6) is -1.89. The van der Waals surface area contributed by atoms with E-state index in [4.69, 9.17) is 5.73 Å². The summed E-state index contributed by atoms with van der Waals surface area (Å²) >= 11 is 0. The molecule has 1 aromatic rings. The van der Waals surface area contributed by atoms with Gasteiger partial charge in [-0.1, -0.05) is 13.3 Å². The monoisotopic (exact) mass is 251 g/mol. The van der Waals surface area contributed by atoms with Crippen molar-refractivity contribution in [3.8, 4) is 5.75 Å². The molecule has 0 saturated heterocycles. The van der Waals surface area contributed by atoms with Crippen LogP contribution in [-0.4, -0.2) is 5.11 Å². The van der Waals surface area contributed by atoms with Crippen LogP contribution in [0.3, 0.4) is 0 Å². The predicted octanol–water partition coefficient (Wildman–Crippen LogP) is 3.35. The van der Waals surface area contributed by atoms with Gasteiger partial charge >= 0.3 is 6.18 Å². The average Bonchev–Trinajstić information content (AvgIpc) is 2.15. The van der Waals surface area contributed by atoms with Crippen molar-refractivity contribution in [3.63, 3.8) is 0 Å². The van der Waals surface area contributed by atoms with Gasteiger partial charge in [0.1, 0.15) is 11.6 Å². The topological polar surface area (TPSA) is 46.2 Å². The number of halogens is 4. The standard InChI is InChI=1S/C11H13F4NO/c1-2-3-8(16)10-7(11(13,14)15)4-6(12)5-9(10)17/h4-5,8,17H,2-3,16H2,1H3/t8-/m1/s1. The lowest BCUT2D eigenvalue weighted by atomic mass is 9.96. The van der Waals surface area contributed by atoms with Crippen molar-refractivity contribution in [1.82, 2.24) is 0 Å². The maximum Gasteiger partial charge on any atom is 0.416 e. The SMILES string of the molecule is CCC[C@@H](N)c1c(O)cc(F)cc1C(F)(F)F. The number of aromatic hydroxyl groups is 1. The second-order valence-electron chi connectivity index (χ2n) is 3.78. The third-order valence-corrected chi connectivity index (χ3v) is 2.40. The fourth-order valence-electron chi connectivity index (χ4n) is 1.68. The molecular weight excluding hydrogens is 238 g/mol. The van der Waals surface area contributed by atoms with E-state index in [1.54, 1.807) is 6.92 Å². The number of alkyl halides is 3. The van der Waals surface area contributed by atoms with Gasteiger partial charge in [0.05, 0.1) is 5.56 Å². The predicted molar refractivity (Wildman–Crippen MR) is 54.9 cm³/mol. The first-order valence-electron chi connectivity index (χ1n) is 5.12. The van der Waals surface area contributed by atoms with Gasteiger partial charge in [0.15, 0.2) is 0 Å². The highest BCUT2D eigenvalue weighted by Crippen LogP contribution is 2.39. The maximum atomic E-state index is 12.9. The molecule has 0 heterocycles. The highest BCUT2D eigenvalue weighted by molar-refractivity contribution is 5.43. The van der Waals surface area contributed by atoms with Crippen LogP contribution in [0.5, 0.6) is 5.75 Å². The zero-order chi connectivity index (χ0) is 13.2. The molecule has 0 aliphatic rings. The van der Waals surface area contributed by atoms with Crippen molar-refractivity contribution in [2.24, 2.45) is 5.73 Å². The Morgan fingerprint density at radius 3 is 2.41 bits per heavy atom. The summed E-state index contributed by atoms with van der Waals surface area (Å²) in [5.41, 5.74) is 3.92. The molecule has 0 saturated carbocycles. The van der Waals surface area contributed by atoms with Crippen molar-refractivity contribution in [2.45, 2.75) is 32.0 Å². The first-order chi connectivity index (χ1) is 7.77. The minimum absolute atomic E-state index is 0.280. The van der Waals surface area contributed by atoms with Crippen LogP contribution in [-0.2, 0) is 6.18 Å². The fourth-order valence-corrected chi connectivity index (χ4v) is 1.68. The summed E-state index contributed by atoms with van der Waals surface area (Å²) in [7, 11) is 0. The van der Waals surface area contributed by atoms with E-state index < -0.39 is 34.9 Å². The first kappa shape index (κ1) is 13.8. The van der Waals surface area contributed by atoms with Crippen LogP contribution >= 0.6 is 0 Å². The van der Waals surface area contributed by atoms with Crippen molar-refractivity contribution in [2.75, 3.05) is 0 Å². The van der Waals surface area contributed by atoms with E-state index in [-0.39, 0.29) is 6.42 Å². The molecule has 17 heavy (non-hydrogen) atoms. The van der Waals surface area contributed by atoms with Crippen LogP contribution in [0, 0.1) is 5.82 Å². The summed E-state index contributed by atoms with van der Waals surface area (Å²) < 4.78 is 50.9. The molecule has 2 nitrogen and oxygen atoms in total. The molecule has 1 rings (SSSR count). The Hall–Kier alpha value is -1.30. The summed E-state index contributed by atoms with van der Waals surface area (Å²) in [6, 6.07) is 0.0298.